The van der Waals surface area contributed by atoms with Crippen LogP contribution in [0.15, 0.2) is 48.5 Å². The predicted molar refractivity (Wildman–Crippen MR) is 72.8 cm³/mol. The molecule has 0 radical (unpaired) electrons. The van der Waals surface area contributed by atoms with Crippen molar-refractivity contribution in [3.8, 4) is 11.5 Å². The predicted octanol–water partition coefficient (Wildman–Crippen LogP) is 2.41. The lowest BCUT2D eigenvalue weighted by Crippen LogP contribution is -2.00. The number of hydrogen-bond acceptors (Lipinski definition) is 5. The van der Waals surface area contributed by atoms with Gasteiger partial charge in [-0.05, 0) is 48.5 Å². The van der Waals surface area contributed by atoms with Crippen molar-refractivity contribution in [2.24, 2.45) is 0 Å². The summed E-state index contributed by atoms with van der Waals surface area (Å²) in [7, 11) is -4.25. The van der Waals surface area contributed by atoms with Crippen molar-refractivity contribution in [1.82, 2.24) is 0 Å². The van der Waals surface area contributed by atoms with Crippen LogP contribution >= 0.6 is 7.82 Å². The minimum atomic E-state index is -4.25. The van der Waals surface area contributed by atoms with Crippen molar-refractivity contribution in [1.29, 1.82) is 0 Å². The number of hydrogen-bond donors (Lipinski definition) is 3. The SMILES string of the molecule is Nc1ccc(OP(=O)(O)Oc2ccc(N)cc2)cc1. The van der Waals surface area contributed by atoms with Crippen LogP contribution in [-0.4, -0.2) is 4.89 Å². The Morgan fingerprint density at radius 1 is 0.789 bits per heavy atom. The molecule has 0 fully saturated rings. The van der Waals surface area contributed by atoms with Crippen LogP contribution < -0.4 is 20.5 Å². The Kier molecular flexibility index (Phi) is 3.64. The van der Waals surface area contributed by atoms with Crippen LogP contribution in [0.3, 0.4) is 0 Å². The van der Waals surface area contributed by atoms with Crippen molar-refractivity contribution < 1.29 is 18.5 Å². The molecule has 2 aromatic rings. The number of rotatable bonds is 4. The molecule has 0 bridgehead atoms. The van der Waals surface area contributed by atoms with Gasteiger partial charge in [0.1, 0.15) is 11.5 Å². The van der Waals surface area contributed by atoms with Gasteiger partial charge in [-0.3, -0.25) is 4.89 Å². The molecule has 0 aliphatic heterocycles. The Morgan fingerprint density at radius 3 is 1.42 bits per heavy atom. The number of nitrogens with two attached hydrogens (primary N) is 2. The number of phosphoric ester groups is 1. The number of benzene rings is 2. The third-order valence-electron chi connectivity index (χ3n) is 2.20. The first-order valence-corrected chi connectivity index (χ1v) is 6.87. The Hall–Kier alpha value is -2.17. The first kappa shape index (κ1) is 13.3. The van der Waals surface area contributed by atoms with E-state index in [-0.39, 0.29) is 11.5 Å². The molecule has 0 saturated heterocycles. The Balaban J connectivity index is 2.08. The van der Waals surface area contributed by atoms with Gasteiger partial charge in [0.15, 0.2) is 0 Å². The lowest BCUT2D eigenvalue weighted by Gasteiger charge is -2.13. The van der Waals surface area contributed by atoms with Crippen LogP contribution in [0.2, 0.25) is 0 Å². The second kappa shape index (κ2) is 5.22. The second-order valence-electron chi connectivity index (χ2n) is 3.79. The minimum absolute atomic E-state index is 0.190. The first-order valence-electron chi connectivity index (χ1n) is 5.38. The largest absolute Gasteiger partial charge is 0.584 e. The van der Waals surface area contributed by atoms with Crippen molar-refractivity contribution in [3.05, 3.63) is 48.5 Å². The molecule has 0 unspecified atom stereocenters. The highest BCUT2D eigenvalue weighted by Crippen LogP contribution is 2.44. The normalized spacial score (nSPS) is 11.0. The van der Waals surface area contributed by atoms with Gasteiger partial charge in [-0.25, -0.2) is 4.57 Å². The number of nitrogen functional groups attached to an aromatic ring is 2. The molecule has 5 N–H and O–H groups in total. The molecule has 0 aromatic heterocycles. The molecule has 0 aliphatic rings. The lowest BCUT2D eigenvalue weighted by atomic mass is 10.3. The Labute approximate surface area is 110 Å². The van der Waals surface area contributed by atoms with Crippen LogP contribution in [0.4, 0.5) is 11.4 Å². The zero-order valence-corrected chi connectivity index (χ0v) is 10.8. The fourth-order valence-corrected chi connectivity index (χ4v) is 2.16. The fraction of sp³-hybridized carbons (Fsp3) is 0. The van der Waals surface area contributed by atoms with Crippen LogP contribution in [0.5, 0.6) is 11.5 Å². The zero-order valence-electron chi connectivity index (χ0n) is 9.89. The van der Waals surface area contributed by atoms with E-state index in [1.54, 1.807) is 24.3 Å². The second-order valence-corrected chi connectivity index (χ2v) is 5.09. The molecule has 19 heavy (non-hydrogen) atoms. The molecule has 0 amide bonds. The van der Waals surface area contributed by atoms with Crippen molar-refractivity contribution in [2.75, 3.05) is 11.5 Å². The van der Waals surface area contributed by atoms with E-state index in [9.17, 15) is 9.46 Å². The zero-order chi connectivity index (χ0) is 13.9. The number of phosphoric acid groups is 1. The summed E-state index contributed by atoms with van der Waals surface area (Å²) in [6.45, 7) is 0. The molecule has 0 saturated carbocycles. The van der Waals surface area contributed by atoms with E-state index in [0.717, 1.165) is 0 Å². The van der Waals surface area contributed by atoms with E-state index >= 15 is 0 Å². The molecular weight excluding hydrogens is 267 g/mol. The Morgan fingerprint density at radius 2 is 1.11 bits per heavy atom. The van der Waals surface area contributed by atoms with Crippen molar-refractivity contribution in [3.63, 3.8) is 0 Å². The summed E-state index contributed by atoms with van der Waals surface area (Å²) in [6.07, 6.45) is 0. The molecule has 100 valence electrons. The topological polar surface area (TPSA) is 108 Å². The van der Waals surface area contributed by atoms with E-state index in [4.69, 9.17) is 20.5 Å². The maximum atomic E-state index is 11.8. The molecule has 0 aliphatic carbocycles. The molecule has 7 heteroatoms. The number of anilines is 2. The van der Waals surface area contributed by atoms with Gasteiger partial charge < -0.3 is 20.5 Å². The van der Waals surface area contributed by atoms with Crippen LogP contribution in [-0.2, 0) is 4.57 Å². The Bertz CT molecular complexity index is 547. The monoisotopic (exact) mass is 280 g/mol. The summed E-state index contributed by atoms with van der Waals surface area (Å²) in [4.78, 5) is 9.61. The molecule has 6 nitrogen and oxygen atoms in total. The summed E-state index contributed by atoms with van der Waals surface area (Å²) < 4.78 is 21.6. The van der Waals surface area contributed by atoms with E-state index < -0.39 is 7.82 Å². The summed E-state index contributed by atoms with van der Waals surface area (Å²) >= 11 is 0. The third kappa shape index (κ3) is 3.91. The van der Waals surface area contributed by atoms with Gasteiger partial charge in [-0.2, -0.15) is 0 Å². The minimum Gasteiger partial charge on any atom is -0.399 e. The van der Waals surface area contributed by atoms with Crippen molar-refractivity contribution in [2.45, 2.75) is 0 Å². The molecule has 0 spiro atoms. The smallest absolute Gasteiger partial charge is 0.399 e. The summed E-state index contributed by atoms with van der Waals surface area (Å²) in [5, 5.41) is 0. The van der Waals surface area contributed by atoms with Gasteiger partial charge in [0, 0.05) is 11.4 Å². The molecule has 0 heterocycles. The molecular formula is C12H13N2O4P. The average Bonchev–Trinajstić information content (AvgIpc) is 2.34. The average molecular weight is 280 g/mol. The van der Waals surface area contributed by atoms with Gasteiger partial charge in [-0.15, -0.1) is 0 Å². The van der Waals surface area contributed by atoms with Gasteiger partial charge in [-0.1, -0.05) is 0 Å². The third-order valence-corrected chi connectivity index (χ3v) is 3.08. The molecule has 0 atom stereocenters. The van der Waals surface area contributed by atoms with Gasteiger partial charge in [0.2, 0.25) is 0 Å². The van der Waals surface area contributed by atoms with E-state index in [1.165, 1.54) is 24.3 Å². The van der Waals surface area contributed by atoms with Gasteiger partial charge in [0.25, 0.3) is 0 Å². The van der Waals surface area contributed by atoms with E-state index in [2.05, 4.69) is 0 Å². The van der Waals surface area contributed by atoms with Gasteiger partial charge >= 0.3 is 7.82 Å². The summed E-state index contributed by atoms with van der Waals surface area (Å²) in [5.74, 6) is 0.381. The highest BCUT2D eigenvalue weighted by molar-refractivity contribution is 7.48. The maximum Gasteiger partial charge on any atom is 0.584 e. The lowest BCUT2D eigenvalue weighted by molar-refractivity contribution is 0.291. The van der Waals surface area contributed by atoms with Crippen LogP contribution in [0.25, 0.3) is 0 Å². The summed E-state index contributed by atoms with van der Waals surface area (Å²) in [6, 6.07) is 12.1. The highest BCUT2D eigenvalue weighted by Gasteiger charge is 2.24. The first-order chi connectivity index (χ1) is 8.94. The fourth-order valence-electron chi connectivity index (χ4n) is 1.34. The van der Waals surface area contributed by atoms with Crippen LogP contribution in [0, 0.1) is 0 Å². The van der Waals surface area contributed by atoms with Crippen molar-refractivity contribution >= 4 is 19.2 Å². The molecule has 2 rings (SSSR count). The standard InChI is InChI=1S/C12H13N2O4P/c13-9-1-5-11(6-2-9)17-19(15,16)18-12-7-3-10(14)4-8-12/h1-8H,13-14H2,(H,15,16). The van der Waals surface area contributed by atoms with E-state index in [0.29, 0.717) is 11.4 Å². The highest BCUT2D eigenvalue weighted by atomic mass is 31.2. The summed E-state index contributed by atoms with van der Waals surface area (Å²) in [5.41, 5.74) is 12.1. The van der Waals surface area contributed by atoms with Crippen LogP contribution in [0.1, 0.15) is 0 Å². The quantitative estimate of drug-likeness (QED) is 0.586. The maximum absolute atomic E-state index is 11.8. The van der Waals surface area contributed by atoms with Gasteiger partial charge in [0.05, 0.1) is 0 Å². The van der Waals surface area contributed by atoms with E-state index in [1.807, 2.05) is 0 Å². The molecule has 2 aromatic carbocycles.